The maximum Gasteiger partial charge on any atom is 0.230 e. The van der Waals surface area contributed by atoms with Crippen LogP contribution in [0.1, 0.15) is 16.8 Å². The van der Waals surface area contributed by atoms with Crippen molar-refractivity contribution in [3.8, 4) is 5.75 Å². The molecule has 0 unspecified atom stereocenters. The fraction of sp³-hybridized carbons (Fsp3) is 0.176. The molecular formula is C17H14Cl2N2O3. The summed E-state index contributed by atoms with van der Waals surface area (Å²) in [5.41, 5.74) is 3.68. The number of amides is 1. The van der Waals surface area contributed by atoms with Gasteiger partial charge in [0.1, 0.15) is 5.69 Å². The molecule has 2 aromatic carbocycles. The third-order valence-electron chi connectivity index (χ3n) is 3.61. The Labute approximate surface area is 148 Å². The molecule has 0 aliphatic rings. The van der Waals surface area contributed by atoms with Crippen molar-refractivity contribution in [3.05, 3.63) is 51.1 Å². The van der Waals surface area contributed by atoms with E-state index in [0.29, 0.717) is 17.0 Å². The summed E-state index contributed by atoms with van der Waals surface area (Å²) in [4.78, 5) is 12.3. The number of rotatable bonds is 3. The molecule has 0 saturated carbocycles. The van der Waals surface area contributed by atoms with Crippen LogP contribution in [0.5, 0.6) is 5.75 Å². The van der Waals surface area contributed by atoms with E-state index in [1.54, 1.807) is 0 Å². The van der Waals surface area contributed by atoms with Crippen molar-refractivity contribution in [2.24, 2.45) is 0 Å². The van der Waals surface area contributed by atoms with E-state index in [1.807, 2.05) is 26.0 Å². The Morgan fingerprint density at radius 2 is 1.88 bits per heavy atom. The van der Waals surface area contributed by atoms with Crippen LogP contribution < -0.4 is 5.32 Å². The largest absolute Gasteiger partial charge is 0.505 e. The highest BCUT2D eigenvalue weighted by atomic mass is 35.5. The lowest BCUT2D eigenvalue weighted by molar-refractivity contribution is -0.115. The van der Waals surface area contributed by atoms with Crippen molar-refractivity contribution >= 4 is 45.8 Å². The molecule has 1 heterocycles. The highest BCUT2D eigenvalue weighted by molar-refractivity contribution is 6.37. The van der Waals surface area contributed by atoms with Gasteiger partial charge in [0.2, 0.25) is 5.91 Å². The standard InChI is InChI=1S/C17H14Cl2N2O3/c1-8-3-9(2)17-11(4-8)14(21-24-17)7-15(22)20-10-5-12(18)16(23)13(19)6-10/h3-6,23H,7H2,1-2H3,(H,20,22). The molecule has 0 aliphatic carbocycles. The van der Waals surface area contributed by atoms with Gasteiger partial charge in [-0.2, -0.15) is 0 Å². The van der Waals surface area contributed by atoms with Gasteiger partial charge in [0.25, 0.3) is 0 Å². The van der Waals surface area contributed by atoms with Crippen LogP contribution in [0.3, 0.4) is 0 Å². The molecule has 5 nitrogen and oxygen atoms in total. The summed E-state index contributed by atoms with van der Waals surface area (Å²) in [5, 5.41) is 17.2. The summed E-state index contributed by atoms with van der Waals surface area (Å²) in [6.07, 6.45) is 0.0476. The van der Waals surface area contributed by atoms with Crippen LogP contribution in [0.15, 0.2) is 28.8 Å². The van der Waals surface area contributed by atoms with Crippen LogP contribution >= 0.6 is 23.2 Å². The minimum Gasteiger partial charge on any atom is -0.505 e. The zero-order chi connectivity index (χ0) is 17.4. The first-order chi connectivity index (χ1) is 11.3. The summed E-state index contributed by atoms with van der Waals surface area (Å²) in [7, 11) is 0. The Balaban J connectivity index is 1.83. The van der Waals surface area contributed by atoms with Crippen LogP contribution in [-0.4, -0.2) is 16.2 Å². The van der Waals surface area contributed by atoms with Gasteiger partial charge in [-0.05, 0) is 43.2 Å². The highest BCUT2D eigenvalue weighted by Crippen LogP contribution is 2.34. The number of nitrogens with zero attached hydrogens (tertiary/aromatic N) is 1. The van der Waals surface area contributed by atoms with Gasteiger partial charge in [0.15, 0.2) is 11.3 Å². The van der Waals surface area contributed by atoms with Crippen LogP contribution in [0, 0.1) is 13.8 Å². The van der Waals surface area contributed by atoms with Crippen molar-refractivity contribution < 1.29 is 14.4 Å². The van der Waals surface area contributed by atoms with Gasteiger partial charge in [-0.25, -0.2) is 0 Å². The number of nitrogens with one attached hydrogen (secondary N) is 1. The fourth-order valence-corrected chi connectivity index (χ4v) is 3.05. The lowest BCUT2D eigenvalue weighted by atomic mass is 10.1. The van der Waals surface area contributed by atoms with E-state index in [-0.39, 0.29) is 28.1 Å². The molecule has 0 saturated heterocycles. The van der Waals surface area contributed by atoms with Crippen LogP contribution in [0.2, 0.25) is 10.0 Å². The number of phenols is 1. The van der Waals surface area contributed by atoms with E-state index in [9.17, 15) is 9.90 Å². The lowest BCUT2D eigenvalue weighted by Gasteiger charge is -2.07. The first-order valence-electron chi connectivity index (χ1n) is 7.18. The summed E-state index contributed by atoms with van der Waals surface area (Å²) in [6.45, 7) is 3.91. The monoisotopic (exact) mass is 364 g/mol. The summed E-state index contributed by atoms with van der Waals surface area (Å²) in [6, 6.07) is 6.79. The van der Waals surface area contributed by atoms with Gasteiger partial charge in [0, 0.05) is 11.1 Å². The van der Waals surface area contributed by atoms with Crippen molar-refractivity contribution in [2.45, 2.75) is 20.3 Å². The number of carbonyl (C=O) groups excluding carboxylic acids is 1. The van der Waals surface area contributed by atoms with Crippen molar-refractivity contribution in [2.75, 3.05) is 5.32 Å². The molecule has 1 amide bonds. The van der Waals surface area contributed by atoms with Crippen LogP contribution in [0.4, 0.5) is 5.69 Å². The number of halogens is 2. The average Bonchev–Trinajstić information content (AvgIpc) is 2.87. The number of hydrogen-bond donors (Lipinski definition) is 2. The molecule has 0 bridgehead atoms. The number of hydrogen-bond acceptors (Lipinski definition) is 4. The number of carbonyl (C=O) groups is 1. The van der Waals surface area contributed by atoms with Crippen molar-refractivity contribution in [1.82, 2.24) is 5.16 Å². The Hall–Kier alpha value is -2.24. The van der Waals surface area contributed by atoms with Gasteiger partial charge < -0.3 is 14.9 Å². The molecule has 1 aromatic heterocycles. The minimum atomic E-state index is -0.290. The molecule has 3 rings (SSSR count). The van der Waals surface area contributed by atoms with Gasteiger partial charge in [-0.3, -0.25) is 4.79 Å². The summed E-state index contributed by atoms with van der Waals surface area (Å²) >= 11 is 11.7. The Morgan fingerprint density at radius 3 is 2.54 bits per heavy atom. The number of phenolic OH excluding ortho intramolecular Hbond substituents is 1. The number of aryl methyl sites for hydroxylation is 2. The van der Waals surface area contributed by atoms with Crippen molar-refractivity contribution in [1.29, 1.82) is 0 Å². The smallest absolute Gasteiger partial charge is 0.230 e. The van der Waals surface area contributed by atoms with E-state index >= 15 is 0 Å². The first-order valence-corrected chi connectivity index (χ1v) is 7.94. The zero-order valence-electron chi connectivity index (χ0n) is 13.0. The molecule has 0 aliphatic heterocycles. The number of benzene rings is 2. The Morgan fingerprint density at radius 1 is 1.21 bits per heavy atom. The molecular weight excluding hydrogens is 351 g/mol. The number of fused-ring (bicyclic) bond motifs is 1. The summed E-state index contributed by atoms with van der Waals surface area (Å²) < 4.78 is 5.33. The Kier molecular flexibility index (Phi) is 4.39. The molecule has 0 fully saturated rings. The molecule has 0 spiro atoms. The van der Waals surface area contributed by atoms with E-state index < -0.39 is 0 Å². The van der Waals surface area contributed by atoms with Crippen LogP contribution in [0.25, 0.3) is 11.0 Å². The molecule has 3 aromatic rings. The molecule has 0 radical (unpaired) electrons. The normalized spacial score (nSPS) is 11.0. The SMILES string of the molecule is Cc1cc(C)c2onc(CC(=O)Nc3cc(Cl)c(O)c(Cl)c3)c2c1. The molecule has 2 N–H and O–H groups in total. The number of anilines is 1. The molecule has 24 heavy (non-hydrogen) atoms. The second-order valence-electron chi connectivity index (χ2n) is 5.60. The third kappa shape index (κ3) is 3.18. The second-order valence-corrected chi connectivity index (χ2v) is 6.42. The maximum atomic E-state index is 12.3. The third-order valence-corrected chi connectivity index (χ3v) is 4.18. The highest BCUT2D eigenvalue weighted by Gasteiger charge is 2.15. The predicted molar refractivity (Wildman–Crippen MR) is 93.9 cm³/mol. The quantitative estimate of drug-likeness (QED) is 0.663. The Bertz CT molecular complexity index is 927. The molecule has 0 atom stereocenters. The fourth-order valence-electron chi connectivity index (χ4n) is 2.56. The van der Waals surface area contributed by atoms with Gasteiger partial charge in [0.05, 0.1) is 16.5 Å². The predicted octanol–water partition coefficient (Wildman–Crippen LogP) is 4.64. The van der Waals surface area contributed by atoms with Crippen molar-refractivity contribution in [3.63, 3.8) is 0 Å². The molecule has 7 heteroatoms. The second kappa shape index (κ2) is 6.34. The lowest BCUT2D eigenvalue weighted by Crippen LogP contribution is -2.14. The number of aromatic hydroxyl groups is 1. The average molecular weight is 365 g/mol. The van der Waals surface area contributed by atoms with Gasteiger partial charge in [-0.15, -0.1) is 0 Å². The van der Waals surface area contributed by atoms with E-state index in [4.69, 9.17) is 27.7 Å². The van der Waals surface area contributed by atoms with Crippen LogP contribution in [-0.2, 0) is 11.2 Å². The van der Waals surface area contributed by atoms with Gasteiger partial charge >= 0.3 is 0 Å². The minimum absolute atomic E-state index is 0.0476. The van der Waals surface area contributed by atoms with Gasteiger partial charge in [-0.1, -0.05) is 34.4 Å². The first kappa shape index (κ1) is 16.6. The maximum absolute atomic E-state index is 12.3. The topological polar surface area (TPSA) is 75.4 Å². The van der Waals surface area contributed by atoms with E-state index in [2.05, 4.69) is 10.5 Å². The summed E-state index contributed by atoms with van der Waals surface area (Å²) in [5.74, 6) is -0.507. The molecule has 124 valence electrons. The number of aromatic nitrogens is 1. The van der Waals surface area contributed by atoms with E-state index in [1.165, 1.54) is 12.1 Å². The van der Waals surface area contributed by atoms with E-state index in [0.717, 1.165) is 16.5 Å². The zero-order valence-corrected chi connectivity index (χ0v) is 14.5.